The van der Waals surface area contributed by atoms with Crippen molar-refractivity contribution in [2.45, 2.75) is 10.6 Å². The third-order valence-electron chi connectivity index (χ3n) is 2.44. The van der Waals surface area contributed by atoms with Crippen LogP contribution >= 0.6 is 46.6 Å². The summed E-state index contributed by atoms with van der Waals surface area (Å²) < 4.78 is 0. The number of pyridine rings is 1. The smallest absolute Gasteiger partial charge is 0.126 e. The number of nitrogens with one attached hydrogen (secondary N) is 1. The molecule has 0 spiro atoms. The highest BCUT2D eigenvalue weighted by molar-refractivity contribution is 7.98. The van der Waals surface area contributed by atoms with Crippen molar-refractivity contribution in [3.05, 3.63) is 51.1 Å². The molecule has 1 N–H and O–H groups in total. The van der Waals surface area contributed by atoms with E-state index in [4.69, 9.17) is 34.8 Å². The monoisotopic (exact) mass is 332 g/mol. The lowest BCUT2D eigenvalue weighted by Crippen LogP contribution is -1.96. The zero-order chi connectivity index (χ0) is 13.8. The predicted octanol–water partition coefficient (Wildman–Crippen LogP) is 5.38. The SMILES string of the molecule is CNc1ccc(Cl)c(CSc2ccc(Cl)c(Cl)c2)n1. The van der Waals surface area contributed by atoms with Crippen LogP contribution < -0.4 is 5.32 Å². The first kappa shape index (κ1) is 14.8. The number of benzene rings is 1. The summed E-state index contributed by atoms with van der Waals surface area (Å²) >= 11 is 19.6. The fraction of sp³-hybridized carbons (Fsp3) is 0.154. The molecule has 1 aromatic heterocycles. The van der Waals surface area contributed by atoms with E-state index in [9.17, 15) is 0 Å². The van der Waals surface area contributed by atoms with Crippen LogP contribution in [0.2, 0.25) is 15.1 Å². The van der Waals surface area contributed by atoms with Gasteiger partial charge in [-0.25, -0.2) is 4.98 Å². The summed E-state index contributed by atoms with van der Waals surface area (Å²) in [6, 6.07) is 9.23. The molecule has 0 saturated carbocycles. The number of thioether (sulfide) groups is 1. The van der Waals surface area contributed by atoms with Crippen molar-refractivity contribution in [2.24, 2.45) is 0 Å². The van der Waals surface area contributed by atoms with Crippen molar-refractivity contribution in [3.63, 3.8) is 0 Å². The first-order chi connectivity index (χ1) is 9.10. The molecule has 0 aliphatic rings. The summed E-state index contributed by atoms with van der Waals surface area (Å²) in [4.78, 5) is 5.45. The molecule has 1 heterocycles. The molecule has 19 heavy (non-hydrogen) atoms. The Morgan fingerprint density at radius 2 is 1.79 bits per heavy atom. The summed E-state index contributed by atoms with van der Waals surface area (Å²) in [6.45, 7) is 0. The Labute approximate surface area is 131 Å². The largest absolute Gasteiger partial charge is 0.373 e. The molecule has 0 unspecified atom stereocenters. The Morgan fingerprint density at radius 3 is 2.47 bits per heavy atom. The minimum absolute atomic E-state index is 0.551. The second kappa shape index (κ2) is 6.71. The standard InChI is InChI=1S/C13H11Cl3N2S/c1-17-13-5-4-10(15)12(18-13)7-19-8-2-3-9(14)11(16)6-8/h2-6H,7H2,1H3,(H,17,18). The second-order valence-corrected chi connectivity index (χ2v) is 6.01. The Bertz CT molecular complexity index is 590. The van der Waals surface area contributed by atoms with Crippen molar-refractivity contribution in [1.82, 2.24) is 4.98 Å². The summed E-state index contributed by atoms with van der Waals surface area (Å²) in [5, 5.41) is 4.76. The van der Waals surface area contributed by atoms with E-state index in [0.717, 1.165) is 16.4 Å². The van der Waals surface area contributed by atoms with Gasteiger partial charge in [0.05, 0.1) is 20.8 Å². The number of anilines is 1. The minimum atomic E-state index is 0.551. The van der Waals surface area contributed by atoms with Gasteiger partial charge in [0.25, 0.3) is 0 Å². The third kappa shape index (κ3) is 3.93. The van der Waals surface area contributed by atoms with Gasteiger partial charge < -0.3 is 5.32 Å². The van der Waals surface area contributed by atoms with E-state index >= 15 is 0 Å². The highest BCUT2D eigenvalue weighted by atomic mass is 35.5. The van der Waals surface area contributed by atoms with Gasteiger partial charge in [-0.1, -0.05) is 34.8 Å². The van der Waals surface area contributed by atoms with Crippen LogP contribution in [0.3, 0.4) is 0 Å². The molecule has 100 valence electrons. The quantitative estimate of drug-likeness (QED) is 0.761. The average Bonchev–Trinajstić information content (AvgIpc) is 2.41. The van der Waals surface area contributed by atoms with Gasteiger partial charge in [0, 0.05) is 17.7 Å². The summed E-state index contributed by atoms with van der Waals surface area (Å²) in [7, 11) is 1.83. The molecule has 0 bridgehead atoms. The number of rotatable bonds is 4. The average molecular weight is 334 g/mol. The Morgan fingerprint density at radius 1 is 1.05 bits per heavy atom. The molecular weight excluding hydrogens is 323 g/mol. The number of nitrogens with zero attached hydrogens (tertiary/aromatic N) is 1. The van der Waals surface area contributed by atoms with Crippen LogP contribution in [0.25, 0.3) is 0 Å². The molecule has 0 radical (unpaired) electrons. The van der Waals surface area contributed by atoms with Gasteiger partial charge in [-0.15, -0.1) is 11.8 Å². The van der Waals surface area contributed by atoms with Crippen LogP contribution in [0.4, 0.5) is 5.82 Å². The predicted molar refractivity (Wildman–Crippen MR) is 84.8 cm³/mol. The van der Waals surface area contributed by atoms with Crippen molar-refractivity contribution in [1.29, 1.82) is 0 Å². The fourth-order valence-electron chi connectivity index (χ4n) is 1.44. The zero-order valence-corrected chi connectivity index (χ0v) is 13.2. The molecule has 1 aromatic carbocycles. The maximum Gasteiger partial charge on any atom is 0.126 e. The van der Waals surface area contributed by atoms with Gasteiger partial charge in [0.1, 0.15) is 5.82 Å². The molecule has 0 atom stereocenters. The molecule has 6 heteroatoms. The fourth-order valence-corrected chi connectivity index (χ4v) is 2.95. The maximum absolute atomic E-state index is 6.13. The first-order valence-corrected chi connectivity index (χ1v) is 7.63. The molecule has 0 aliphatic carbocycles. The van der Waals surface area contributed by atoms with Crippen LogP contribution in [0.5, 0.6) is 0 Å². The van der Waals surface area contributed by atoms with Crippen LogP contribution in [0, 0.1) is 0 Å². The van der Waals surface area contributed by atoms with E-state index in [1.807, 2.05) is 31.3 Å². The van der Waals surface area contributed by atoms with E-state index in [2.05, 4.69) is 10.3 Å². The number of aromatic nitrogens is 1. The van der Waals surface area contributed by atoms with Crippen LogP contribution in [0.15, 0.2) is 35.2 Å². The lowest BCUT2D eigenvalue weighted by Gasteiger charge is -2.07. The van der Waals surface area contributed by atoms with Gasteiger partial charge >= 0.3 is 0 Å². The van der Waals surface area contributed by atoms with Gasteiger partial charge in [-0.3, -0.25) is 0 Å². The molecule has 2 aromatic rings. The Hall–Kier alpha value is -0.610. The minimum Gasteiger partial charge on any atom is -0.373 e. The van der Waals surface area contributed by atoms with Crippen LogP contribution in [-0.4, -0.2) is 12.0 Å². The number of hydrogen-bond donors (Lipinski definition) is 1. The molecule has 2 nitrogen and oxygen atoms in total. The number of halogens is 3. The summed E-state index contributed by atoms with van der Waals surface area (Å²) in [5.74, 6) is 1.47. The van der Waals surface area contributed by atoms with Crippen LogP contribution in [0.1, 0.15) is 5.69 Å². The normalized spacial score (nSPS) is 10.5. The van der Waals surface area contributed by atoms with Gasteiger partial charge in [0.2, 0.25) is 0 Å². The topological polar surface area (TPSA) is 24.9 Å². The zero-order valence-electron chi connectivity index (χ0n) is 10.1. The Balaban J connectivity index is 2.11. The van der Waals surface area contributed by atoms with Crippen molar-refractivity contribution in [3.8, 4) is 0 Å². The van der Waals surface area contributed by atoms with E-state index < -0.39 is 0 Å². The highest BCUT2D eigenvalue weighted by Gasteiger charge is 2.06. The molecular formula is C13H11Cl3N2S. The van der Waals surface area contributed by atoms with Gasteiger partial charge in [0.15, 0.2) is 0 Å². The molecule has 0 amide bonds. The second-order valence-electron chi connectivity index (χ2n) is 3.74. The molecule has 2 rings (SSSR count). The van der Waals surface area contributed by atoms with Gasteiger partial charge in [-0.2, -0.15) is 0 Å². The number of hydrogen-bond acceptors (Lipinski definition) is 3. The lowest BCUT2D eigenvalue weighted by atomic mass is 10.3. The van der Waals surface area contributed by atoms with Crippen molar-refractivity contribution in [2.75, 3.05) is 12.4 Å². The first-order valence-electron chi connectivity index (χ1n) is 5.51. The lowest BCUT2D eigenvalue weighted by molar-refractivity contribution is 1.16. The van der Waals surface area contributed by atoms with E-state index in [1.54, 1.807) is 17.8 Å². The van der Waals surface area contributed by atoms with E-state index in [0.29, 0.717) is 20.8 Å². The van der Waals surface area contributed by atoms with Crippen molar-refractivity contribution >= 4 is 52.4 Å². The molecule has 0 fully saturated rings. The van der Waals surface area contributed by atoms with Crippen LogP contribution in [-0.2, 0) is 5.75 Å². The summed E-state index contributed by atoms with van der Waals surface area (Å²) in [5.41, 5.74) is 0.838. The summed E-state index contributed by atoms with van der Waals surface area (Å²) in [6.07, 6.45) is 0. The highest BCUT2D eigenvalue weighted by Crippen LogP contribution is 2.31. The van der Waals surface area contributed by atoms with Crippen molar-refractivity contribution < 1.29 is 0 Å². The third-order valence-corrected chi connectivity index (χ3v) is 4.53. The molecule has 0 saturated heterocycles. The van der Waals surface area contributed by atoms with Gasteiger partial charge in [-0.05, 0) is 30.3 Å². The Kier molecular flexibility index (Phi) is 5.22. The molecule has 0 aliphatic heterocycles. The van der Waals surface area contributed by atoms with E-state index in [-0.39, 0.29) is 0 Å². The van der Waals surface area contributed by atoms with E-state index in [1.165, 1.54) is 0 Å². The maximum atomic E-state index is 6.13.